The molecule has 1 N–H and O–H groups in total. The molecule has 1 aliphatic rings. The molecule has 4 rings (SSSR count). The fourth-order valence-corrected chi connectivity index (χ4v) is 5.52. The van der Waals surface area contributed by atoms with E-state index in [1.54, 1.807) is 11.9 Å². The van der Waals surface area contributed by atoms with Gasteiger partial charge in [-0.25, -0.2) is 4.31 Å². The Kier molecular flexibility index (Phi) is 5.76. The molecule has 0 aliphatic heterocycles. The molecule has 1 fully saturated rings. The molecule has 2 aromatic carbocycles. The monoisotopic (exact) mass is 382 g/mol. The van der Waals surface area contributed by atoms with E-state index in [0.29, 0.717) is 12.6 Å². The van der Waals surface area contributed by atoms with Gasteiger partial charge in [-0.1, -0.05) is 68.1 Å². The van der Waals surface area contributed by atoms with Crippen molar-refractivity contribution in [3.8, 4) is 0 Å². The minimum Gasteiger partial charge on any atom is -0.390 e. The molecule has 144 valence electrons. The average Bonchev–Trinajstić information content (AvgIpc) is 3.00. The highest BCUT2D eigenvalue weighted by atomic mass is 32.2. The van der Waals surface area contributed by atoms with Crippen molar-refractivity contribution in [1.29, 1.82) is 0 Å². The van der Waals surface area contributed by atoms with E-state index in [9.17, 15) is 5.11 Å². The average molecular weight is 383 g/mol. The molecule has 4 heteroatoms. The Labute approximate surface area is 166 Å². The summed E-state index contributed by atoms with van der Waals surface area (Å²) in [5.41, 5.74) is 2.42. The van der Waals surface area contributed by atoms with Crippen LogP contribution < -0.4 is 0 Å². The van der Waals surface area contributed by atoms with Crippen molar-refractivity contribution in [2.75, 3.05) is 12.8 Å². The number of aliphatic hydroxyl groups is 1. The third-order valence-corrected chi connectivity index (χ3v) is 6.93. The van der Waals surface area contributed by atoms with Crippen LogP contribution in [0, 0.1) is 5.92 Å². The van der Waals surface area contributed by atoms with E-state index in [1.807, 2.05) is 0 Å². The highest BCUT2D eigenvalue weighted by molar-refractivity contribution is 7.96. The molecule has 0 bridgehead atoms. The predicted octanol–water partition coefficient (Wildman–Crippen LogP) is 5.31. The SMILES string of the molecule is CSN(CC(O)Cn1c2ccccc2c2ccccc21)C1CCCC(C)C1. The molecule has 0 spiro atoms. The highest BCUT2D eigenvalue weighted by Gasteiger charge is 2.26. The van der Waals surface area contributed by atoms with E-state index in [4.69, 9.17) is 0 Å². The molecule has 0 radical (unpaired) electrons. The van der Waals surface area contributed by atoms with Crippen molar-refractivity contribution in [2.45, 2.75) is 51.3 Å². The number of benzene rings is 2. The van der Waals surface area contributed by atoms with E-state index < -0.39 is 0 Å². The first kappa shape index (κ1) is 18.9. The maximum absolute atomic E-state index is 11.0. The standard InChI is InChI=1S/C23H30N2OS/c1-17-8-7-9-18(14-17)25(27-2)16-19(26)15-24-22-12-5-3-10-20(22)21-11-4-6-13-23(21)24/h3-6,10-13,17-19,26H,7-9,14-16H2,1-2H3. The van der Waals surface area contributed by atoms with Crippen LogP contribution >= 0.6 is 11.9 Å². The van der Waals surface area contributed by atoms with Gasteiger partial charge >= 0.3 is 0 Å². The first-order chi connectivity index (χ1) is 13.2. The van der Waals surface area contributed by atoms with Gasteiger partial charge in [0.25, 0.3) is 0 Å². The zero-order chi connectivity index (χ0) is 18.8. The number of aliphatic hydroxyl groups excluding tert-OH is 1. The van der Waals surface area contributed by atoms with Crippen molar-refractivity contribution in [2.24, 2.45) is 5.92 Å². The van der Waals surface area contributed by atoms with Crippen molar-refractivity contribution in [3.63, 3.8) is 0 Å². The highest BCUT2D eigenvalue weighted by Crippen LogP contribution is 2.31. The Hall–Kier alpha value is -1.49. The summed E-state index contributed by atoms with van der Waals surface area (Å²) in [4.78, 5) is 0. The smallest absolute Gasteiger partial charge is 0.0855 e. The Morgan fingerprint density at radius 3 is 2.30 bits per heavy atom. The number of para-hydroxylation sites is 2. The normalized spacial score (nSPS) is 21.9. The summed E-state index contributed by atoms with van der Waals surface area (Å²) in [6, 6.07) is 17.6. The molecule has 1 saturated carbocycles. The Morgan fingerprint density at radius 1 is 1.07 bits per heavy atom. The van der Waals surface area contributed by atoms with Crippen LogP contribution in [0.4, 0.5) is 0 Å². The minimum atomic E-state index is -0.381. The van der Waals surface area contributed by atoms with Crippen LogP contribution in [0.15, 0.2) is 48.5 Å². The number of rotatable bonds is 6. The van der Waals surface area contributed by atoms with Crippen LogP contribution in [0.3, 0.4) is 0 Å². The minimum absolute atomic E-state index is 0.381. The number of nitrogens with zero attached hydrogens (tertiary/aromatic N) is 2. The molecule has 3 aromatic rings. The van der Waals surface area contributed by atoms with Gasteiger partial charge in [0, 0.05) is 34.4 Å². The topological polar surface area (TPSA) is 28.4 Å². The first-order valence-electron chi connectivity index (χ1n) is 10.1. The zero-order valence-corrected chi connectivity index (χ0v) is 17.2. The lowest BCUT2D eigenvalue weighted by atomic mass is 9.87. The molecule has 1 aromatic heterocycles. The van der Waals surface area contributed by atoms with Gasteiger partial charge in [0.2, 0.25) is 0 Å². The fraction of sp³-hybridized carbons (Fsp3) is 0.478. The molecule has 1 heterocycles. The summed E-state index contributed by atoms with van der Waals surface area (Å²) in [5.74, 6) is 0.799. The molecule has 0 saturated heterocycles. The van der Waals surface area contributed by atoms with E-state index >= 15 is 0 Å². The van der Waals surface area contributed by atoms with Crippen LogP contribution in [-0.4, -0.2) is 38.9 Å². The third-order valence-electron chi connectivity index (χ3n) is 6.01. The predicted molar refractivity (Wildman–Crippen MR) is 117 cm³/mol. The van der Waals surface area contributed by atoms with Gasteiger partial charge in [-0.3, -0.25) is 0 Å². The number of hydrogen-bond acceptors (Lipinski definition) is 3. The molecule has 1 aliphatic carbocycles. The Bertz CT molecular complexity index is 852. The second-order valence-corrected chi connectivity index (χ2v) is 8.84. The summed E-state index contributed by atoms with van der Waals surface area (Å²) in [5, 5.41) is 13.5. The second-order valence-electron chi connectivity index (χ2n) is 8.01. The quantitative estimate of drug-likeness (QED) is 0.585. The molecular formula is C23H30N2OS. The summed E-state index contributed by atoms with van der Waals surface area (Å²) in [6.45, 7) is 3.71. The molecule has 3 unspecified atom stereocenters. The van der Waals surface area contributed by atoms with Crippen molar-refractivity contribution in [3.05, 3.63) is 48.5 Å². The number of hydrogen-bond donors (Lipinski definition) is 1. The fourth-order valence-electron chi connectivity index (χ4n) is 4.71. The Balaban J connectivity index is 1.56. The largest absolute Gasteiger partial charge is 0.390 e. The van der Waals surface area contributed by atoms with Crippen LogP contribution in [0.1, 0.15) is 32.6 Å². The summed E-state index contributed by atoms with van der Waals surface area (Å²) in [6.07, 6.45) is 6.94. The lowest BCUT2D eigenvalue weighted by Gasteiger charge is -2.36. The zero-order valence-electron chi connectivity index (χ0n) is 16.3. The van der Waals surface area contributed by atoms with Crippen molar-refractivity contribution < 1.29 is 5.11 Å². The molecule has 27 heavy (non-hydrogen) atoms. The van der Waals surface area contributed by atoms with Crippen molar-refractivity contribution >= 4 is 33.8 Å². The van der Waals surface area contributed by atoms with Crippen molar-refractivity contribution in [1.82, 2.24) is 8.87 Å². The maximum atomic E-state index is 11.0. The van der Waals surface area contributed by atoms with Gasteiger partial charge in [0.1, 0.15) is 0 Å². The summed E-state index contributed by atoms with van der Waals surface area (Å²) >= 11 is 1.79. The van der Waals surface area contributed by atoms with Gasteiger partial charge < -0.3 is 9.67 Å². The van der Waals surface area contributed by atoms with Gasteiger partial charge in [0.15, 0.2) is 0 Å². The van der Waals surface area contributed by atoms with Crippen LogP contribution in [0.2, 0.25) is 0 Å². The van der Waals surface area contributed by atoms with Gasteiger partial charge in [-0.2, -0.15) is 0 Å². The van der Waals surface area contributed by atoms with Gasteiger partial charge in [-0.15, -0.1) is 0 Å². The lowest BCUT2D eigenvalue weighted by Crippen LogP contribution is -2.39. The molecule has 0 amide bonds. The lowest BCUT2D eigenvalue weighted by molar-refractivity contribution is 0.110. The molecular weight excluding hydrogens is 352 g/mol. The molecule has 3 nitrogen and oxygen atoms in total. The van der Waals surface area contributed by atoms with E-state index in [-0.39, 0.29) is 6.10 Å². The summed E-state index contributed by atoms with van der Waals surface area (Å²) < 4.78 is 4.71. The third kappa shape index (κ3) is 3.89. The number of fused-ring (bicyclic) bond motifs is 3. The van der Waals surface area contributed by atoms with Gasteiger partial charge in [-0.05, 0) is 37.1 Å². The van der Waals surface area contributed by atoms with Crippen LogP contribution in [0.5, 0.6) is 0 Å². The van der Waals surface area contributed by atoms with Crippen LogP contribution in [0.25, 0.3) is 21.8 Å². The van der Waals surface area contributed by atoms with Gasteiger partial charge in [0.05, 0.1) is 12.6 Å². The second kappa shape index (κ2) is 8.26. The van der Waals surface area contributed by atoms with E-state index in [0.717, 1.165) is 12.5 Å². The maximum Gasteiger partial charge on any atom is 0.0855 e. The van der Waals surface area contributed by atoms with E-state index in [1.165, 1.54) is 47.5 Å². The summed E-state index contributed by atoms with van der Waals surface area (Å²) in [7, 11) is 0. The molecule has 3 atom stereocenters. The van der Waals surface area contributed by atoms with Crippen LogP contribution in [-0.2, 0) is 6.54 Å². The van der Waals surface area contributed by atoms with E-state index in [2.05, 4.69) is 70.6 Å². The first-order valence-corrected chi connectivity index (χ1v) is 11.3. The Morgan fingerprint density at radius 2 is 1.70 bits per heavy atom. The number of aromatic nitrogens is 1.